The molecule has 0 spiro atoms. The summed E-state index contributed by atoms with van der Waals surface area (Å²) in [6.45, 7) is 0.691. The number of carboxylic acid groups (broad SMARTS) is 1. The summed E-state index contributed by atoms with van der Waals surface area (Å²) in [5, 5.41) is 9.52. The molecule has 1 saturated carbocycles. The second-order valence-corrected chi connectivity index (χ2v) is 6.57. The van der Waals surface area contributed by atoms with Gasteiger partial charge in [-0.1, -0.05) is 49.6 Å². The molecule has 0 radical (unpaired) electrons. The Morgan fingerprint density at radius 3 is 2.43 bits per heavy atom. The highest BCUT2D eigenvalue weighted by molar-refractivity contribution is 5.65. The van der Waals surface area contributed by atoms with E-state index in [0.717, 1.165) is 12.8 Å². The molecular weight excluding hydrogens is 262 g/mol. The number of likely N-dealkylation sites (tertiary alicyclic amines) is 1. The number of rotatable bonds is 2. The SMILES string of the molecule is O=C(O)N1CCC(c2ccccc2)CC1C1CCCCC1. The van der Waals surface area contributed by atoms with E-state index in [0.29, 0.717) is 18.4 Å². The first-order valence-electron chi connectivity index (χ1n) is 8.30. The lowest BCUT2D eigenvalue weighted by Gasteiger charge is -2.43. The van der Waals surface area contributed by atoms with E-state index in [2.05, 4.69) is 30.3 Å². The average Bonchev–Trinajstić information content (AvgIpc) is 2.56. The van der Waals surface area contributed by atoms with Gasteiger partial charge in [0.25, 0.3) is 0 Å². The molecule has 2 fully saturated rings. The first-order chi connectivity index (χ1) is 10.3. The monoisotopic (exact) mass is 287 g/mol. The highest BCUT2D eigenvalue weighted by Crippen LogP contribution is 2.39. The van der Waals surface area contributed by atoms with Gasteiger partial charge in [-0.3, -0.25) is 0 Å². The molecule has 114 valence electrons. The Bertz CT molecular complexity index is 467. The molecular formula is C18H25NO2. The Morgan fingerprint density at radius 2 is 1.76 bits per heavy atom. The number of piperidine rings is 1. The topological polar surface area (TPSA) is 40.5 Å². The van der Waals surface area contributed by atoms with Gasteiger partial charge in [-0.05, 0) is 43.1 Å². The smallest absolute Gasteiger partial charge is 0.407 e. The molecule has 1 N–H and O–H groups in total. The largest absolute Gasteiger partial charge is 0.465 e. The van der Waals surface area contributed by atoms with Crippen molar-refractivity contribution in [2.24, 2.45) is 5.92 Å². The van der Waals surface area contributed by atoms with Crippen LogP contribution in [0.2, 0.25) is 0 Å². The molecule has 3 heteroatoms. The van der Waals surface area contributed by atoms with Crippen molar-refractivity contribution in [1.29, 1.82) is 0 Å². The fraction of sp³-hybridized carbons (Fsp3) is 0.611. The van der Waals surface area contributed by atoms with Crippen LogP contribution in [0.1, 0.15) is 56.4 Å². The maximum absolute atomic E-state index is 11.6. The molecule has 2 aliphatic rings. The van der Waals surface area contributed by atoms with Crippen LogP contribution in [-0.2, 0) is 0 Å². The van der Waals surface area contributed by atoms with Gasteiger partial charge in [0.2, 0.25) is 0 Å². The molecule has 0 bridgehead atoms. The fourth-order valence-corrected chi connectivity index (χ4v) is 4.23. The summed E-state index contributed by atoms with van der Waals surface area (Å²) >= 11 is 0. The zero-order valence-electron chi connectivity index (χ0n) is 12.6. The number of hydrogen-bond acceptors (Lipinski definition) is 1. The summed E-state index contributed by atoms with van der Waals surface area (Å²) in [5.74, 6) is 1.09. The number of benzene rings is 1. The lowest BCUT2D eigenvalue weighted by molar-refractivity contribution is 0.0651. The van der Waals surface area contributed by atoms with E-state index in [-0.39, 0.29) is 6.04 Å². The molecule has 2 unspecified atom stereocenters. The molecule has 0 aromatic heterocycles. The van der Waals surface area contributed by atoms with Crippen LogP contribution < -0.4 is 0 Å². The fourth-order valence-electron chi connectivity index (χ4n) is 4.23. The standard InChI is InChI=1S/C18H25NO2/c20-18(21)19-12-11-16(14-7-3-1-4-8-14)13-17(19)15-9-5-2-6-10-15/h1,3-4,7-8,15-17H,2,5-6,9-13H2,(H,20,21). The maximum Gasteiger partial charge on any atom is 0.407 e. The van der Waals surface area contributed by atoms with Crippen LogP contribution in [0, 0.1) is 5.92 Å². The Morgan fingerprint density at radius 1 is 1.05 bits per heavy atom. The minimum absolute atomic E-state index is 0.224. The van der Waals surface area contributed by atoms with Gasteiger partial charge < -0.3 is 10.0 Å². The van der Waals surface area contributed by atoms with E-state index in [1.165, 1.54) is 37.7 Å². The third-order valence-electron chi connectivity index (χ3n) is 5.36. The van der Waals surface area contributed by atoms with Crippen molar-refractivity contribution in [3.8, 4) is 0 Å². The minimum atomic E-state index is -0.725. The number of amides is 1. The van der Waals surface area contributed by atoms with Crippen LogP contribution in [0.25, 0.3) is 0 Å². The number of hydrogen-bond donors (Lipinski definition) is 1. The molecule has 1 aromatic carbocycles. The van der Waals surface area contributed by atoms with Crippen LogP contribution in [0.3, 0.4) is 0 Å². The lowest BCUT2D eigenvalue weighted by Crippen LogP contribution is -2.49. The predicted molar refractivity (Wildman–Crippen MR) is 83.5 cm³/mol. The van der Waals surface area contributed by atoms with E-state index >= 15 is 0 Å². The van der Waals surface area contributed by atoms with Crippen LogP contribution in [-0.4, -0.2) is 28.7 Å². The van der Waals surface area contributed by atoms with Gasteiger partial charge >= 0.3 is 6.09 Å². The molecule has 1 amide bonds. The van der Waals surface area contributed by atoms with Gasteiger partial charge in [-0.2, -0.15) is 0 Å². The van der Waals surface area contributed by atoms with E-state index in [4.69, 9.17) is 0 Å². The number of carbonyl (C=O) groups is 1. The van der Waals surface area contributed by atoms with Crippen LogP contribution in [0.15, 0.2) is 30.3 Å². The summed E-state index contributed by atoms with van der Waals surface area (Å²) in [7, 11) is 0. The maximum atomic E-state index is 11.6. The second-order valence-electron chi connectivity index (χ2n) is 6.57. The lowest BCUT2D eigenvalue weighted by atomic mass is 9.75. The predicted octanol–water partition coefficient (Wildman–Crippen LogP) is 4.49. The van der Waals surface area contributed by atoms with Crippen molar-refractivity contribution in [3.05, 3.63) is 35.9 Å². The Labute approximate surface area is 127 Å². The normalized spacial score (nSPS) is 27.5. The third kappa shape index (κ3) is 3.22. The molecule has 1 aliphatic heterocycles. The van der Waals surface area contributed by atoms with Crippen molar-refractivity contribution in [2.45, 2.75) is 56.9 Å². The molecule has 3 nitrogen and oxygen atoms in total. The van der Waals surface area contributed by atoms with E-state index in [1.807, 2.05) is 0 Å². The van der Waals surface area contributed by atoms with Crippen LogP contribution in [0.4, 0.5) is 4.79 Å². The van der Waals surface area contributed by atoms with Crippen LogP contribution >= 0.6 is 0 Å². The quantitative estimate of drug-likeness (QED) is 0.870. The summed E-state index contributed by atoms with van der Waals surface area (Å²) in [5.41, 5.74) is 1.38. The summed E-state index contributed by atoms with van der Waals surface area (Å²) in [6, 6.07) is 10.8. The third-order valence-corrected chi connectivity index (χ3v) is 5.36. The molecule has 1 aromatic rings. The Kier molecular flexibility index (Phi) is 4.47. The van der Waals surface area contributed by atoms with Gasteiger partial charge in [0.15, 0.2) is 0 Å². The molecule has 1 saturated heterocycles. The average molecular weight is 287 g/mol. The van der Waals surface area contributed by atoms with Gasteiger partial charge in [0.05, 0.1) is 0 Å². The Hall–Kier alpha value is -1.51. The second kappa shape index (κ2) is 6.50. The van der Waals surface area contributed by atoms with Gasteiger partial charge in [-0.15, -0.1) is 0 Å². The summed E-state index contributed by atoms with van der Waals surface area (Å²) < 4.78 is 0. The first-order valence-corrected chi connectivity index (χ1v) is 8.30. The van der Waals surface area contributed by atoms with Crippen molar-refractivity contribution in [1.82, 2.24) is 4.90 Å². The molecule has 1 aliphatic carbocycles. The van der Waals surface area contributed by atoms with E-state index < -0.39 is 6.09 Å². The highest BCUT2D eigenvalue weighted by Gasteiger charge is 2.37. The van der Waals surface area contributed by atoms with E-state index in [9.17, 15) is 9.90 Å². The van der Waals surface area contributed by atoms with Crippen molar-refractivity contribution >= 4 is 6.09 Å². The van der Waals surface area contributed by atoms with Crippen molar-refractivity contribution in [3.63, 3.8) is 0 Å². The minimum Gasteiger partial charge on any atom is -0.465 e. The zero-order valence-corrected chi connectivity index (χ0v) is 12.6. The summed E-state index contributed by atoms with van der Waals surface area (Å²) in [6.07, 6.45) is 7.50. The van der Waals surface area contributed by atoms with Gasteiger partial charge in [0, 0.05) is 12.6 Å². The van der Waals surface area contributed by atoms with Gasteiger partial charge in [-0.25, -0.2) is 4.79 Å². The zero-order chi connectivity index (χ0) is 14.7. The highest BCUT2D eigenvalue weighted by atomic mass is 16.4. The van der Waals surface area contributed by atoms with Crippen LogP contribution in [0.5, 0.6) is 0 Å². The molecule has 3 rings (SSSR count). The molecule has 2 atom stereocenters. The molecule has 21 heavy (non-hydrogen) atoms. The van der Waals surface area contributed by atoms with E-state index in [1.54, 1.807) is 4.90 Å². The van der Waals surface area contributed by atoms with Gasteiger partial charge in [0.1, 0.15) is 0 Å². The molecule has 1 heterocycles. The Balaban J connectivity index is 1.76. The first kappa shape index (κ1) is 14.4. The summed E-state index contributed by atoms with van der Waals surface area (Å²) in [4.78, 5) is 13.3. The van der Waals surface area contributed by atoms with Crippen molar-refractivity contribution < 1.29 is 9.90 Å². The number of nitrogens with zero attached hydrogens (tertiary/aromatic N) is 1. The van der Waals surface area contributed by atoms with Crippen molar-refractivity contribution in [2.75, 3.05) is 6.54 Å².